The SMILES string of the molecule is O=S(=O)(O)OO.O=[C]([Fe][C](=O)c1ccccc1)c1ccccc1. The van der Waals surface area contributed by atoms with Crippen LogP contribution in [0.5, 0.6) is 0 Å². The van der Waals surface area contributed by atoms with Crippen molar-refractivity contribution < 1.29 is 47.1 Å². The maximum absolute atomic E-state index is 11.8. The number of hydrogen-bond acceptors (Lipinski definition) is 6. The van der Waals surface area contributed by atoms with Gasteiger partial charge < -0.3 is 0 Å². The summed E-state index contributed by atoms with van der Waals surface area (Å²) >= 11 is -0.0754. The minimum absolute atomic E-state index is 0.0754. The predicted molar refractivity (Wildman–Crippen MR) is 76.8 cm³/mol. The van der Waals surface area contributed by atoms with Crippen LogP contribution < -0.4 is 0 Å². The van der Waals surface area contributed by atoms with Crippen molar-refractivity contribution in [1.82, 2.24) is 0 Å². The van der Waals surface area contributed by atoms with Gasteiger partial charge in [0.05, 0.1) is 0 Å². The summed E-state index contributed by atoms with van der Waals surface area (Å²) in [5.41, 5.74) is 1.16. The number of carbonyl (C=O) groups excluding carboxylic acids is 2. The monoisotopic (exact) mass is 380 g/mol. The first-order valence-electron chi connectivity index (χ1n) is 5.95. The van der Waals surface area contributed by atoms with Crippen LogP contribution in [-0.4, -0.2) is 27.6 Å². The van der Waals surface area contributed by atoms with Crippen LogP contribution in [0.15, 0.2) is 60.7 Å². The van der Waals surface area contributed by atoms with Crippen LogP contribution in [0.3, 0.4) is 0 Å². The molecule has 124 valence electrons. The summed E-state index contributed by atoms with van der Waals surface area (Å²) < 4.78 is 27.7. The van der Waals surface area contributed by atoms with Gasteiger partial charge in [-0.1, -0.05) is 4.33 Å². The molecule has 0 saturated heterocycles. The summed E-state index contributed by atoms with van der Waals surface area (Å²) in [4.78, 5) is 23.6. The van der Waals surface area contributed by atoms with E-state index in [-0.39, 0.29) is 24.3 Å². The molecule has 0 fully saturated rings. The van der Waals surface area contributed by atoms with Gasteiger partial charge in [-0.2, -0.15) is 8.42 Å². The molecule has 0 aromatic heterocycles. The molecule has 0 amide bonds. The normalized spacial score (nSPS) is 10.5. The van der Waals surface area contributed by atoms with E-state index in [1.807, 2.05) is 12.1 Å². The fourth-order valence-corrected chi connectivity index (χ4v) is 2.22. The molecule has 0 radical (unpaired) electrons. The Morgan fingerprint density at radius 2 is 1.13 bits per heavy atom. The van der Waals surface area contributed by atoms with E-state index in [9.17, 15) is 9.59 Å². The second-order valence-corrected chi connectivity index (χ2v) is 6.13. The molecule has 0 heterocycles. The molecule has 0 atom stereocenters. The van der Waals surface area contributed by atoms with Gasteiger partial charge in [-0.15, -0.1) is 0 Å². The zero-order chi connectivity index (χ0) is 17.3. The molecule has 2 N–H and O–H groups in total. The molecule has 2 aromatic rings. The summed E-state index contributed by atoms with van der Waals surface area (Å²) in [6.45, 7) is 0. The first kappa shape index (κ1) is 19.2. The van der Waals surface area contributed by atoms with Gasteiger partial charge in [-0.05, 0) is 0 Å². The van der Waals surface area contributed by atoms with Crippen molar-refractivity contribution in [1.29, 1.82) is 0 Å². The Kier molecular flexibility index (Phi) is 7.76. The van der Waals surface area contributed by atoms with Gasteiger partial charge in [0.1, 0.15) is 0 Å². The zero-order valence-corrected chi connectivity index (χ0v) is 13.4. The van der Waals surface area contributed by atoms with Gasteiger partial charge in [0.2, 0.25) is 0 Å². The summed E-state index contributed by atoms with van der Waals surface area (Å²) in [6.07, 6.45) is 0. The van der Waals surface area contributed by atoms with Gasteiger partial charge in [-0.25, -0.2) is 5.26 Å². The maximum atomic E-state index is 11.8. The molecule has 2 rings (SSSR count). The molecule has 0 bridgehead atoms. The van der Waals surface area contributed by atoms with Crippen molar-refractivity contribution in [3.05, 3.63) is 71.8 Å². The van der Waals surface area contributed by atoms with Gasteiger partial charge in [-0.3, -0.25) is 4.55 Å². The fourth-order valence-electron chi connectivity index (χ4n) is 1.31. The van der Waals surface area contributed by atoms with Crippen LogP contribution in [-0.2, 0) is 29.7 Å². The molecule has 0 saturated carbocycles. The molecule has 0 spiro atoms. The van der Waals surface area contributed by atoms with Gasteiger partial charge >= 0.3 is 116 Å². The average Bonchev–Trinajstić information content (AvgIpc) is 2.56. The third kappa shape index (κ3) is 7.80. The number of benzene rings is 2. The molecule has 0 aliphatic heterocycles. The molecule has 2 aromatic carbocycles. The third-order valence-electron chi connectivity index (χ3n) is 2.24. The summed E-state index contributed by atoms with van der Waals surface area (Å²) in [7, 11) is -4.61. The van der Waals surface area contributed by atoms with Crippen LogP contribution in [0.1, 0.15) is 20.7 Å². The molecule has 9 heteroatoms. The number of carbonyl (C=O) groups is 2. The van der Waals surface area contributed by atoms with E-state index in [2.05, 4.69) is 4.33 Å². The van der Waals surface area contributed by atoms with Crippen LogP contribution in [0.4, 0.5) is 0 Å². The van der Waals surface area contributed by atoms with Crippen molar-refractivity contribution in [3.63, 3.8) is 0 Å². The zero-order valence-electron chi connectivity index (χ0n) is 11.5. The van der Waals surface area contributed by atoms with E-state index < -0.39 is 10.4 Å². The van der Waals surface area contributed by atoms with E-state index in [0.717, 1.165) is 0 Å². The molecular weight excluding hydrogens is 368 g/mol. The van der Waals surface area contributed by atoms with Gasteiger partial charge in [0, 0.05) is 0 Å². The Hall–Kier alpha value is -1.87. The Morgan fingerprint density at radius 3 is 1.39 bits per heavy atom. The fraction of sp³-hybridized carbons (Fsp3) is 0. The third-order valence-corrected chi connectivity index (χ3v) is 3.57. The minimum atomic E-state index is -4.61. The van der Waals surface area contributed by atoms with Crippen molar-refractivity contribution in [2.24, 2.45) is 0 Å². The summed E-state index contributed by atoms with van der Waals surface area (Å²) in [5, 5.41) is 7.06. The van der Waals surface area contributed by atoms with Crippen molar-refractivity contribution in [3.8, 4) is 0 Å². The Morgan fingerprint density at radius 1 is 0.826 bits per heavy atom. The second kappa shape index (κ2) is 9.31. The molecule has 23 heavy (non-hydrogen) atoms. The quantitative estimate of drug-likeness (QED) is 0.353. The Labute approximate surface area is 139 Å². The molecule has 7 nitrogen and oxygen atoms in total. The topological polar surface area (TPSA) is 118 Å². The summed E-state index contributed by atoms with van der Waals surface area (Å²) in [5.74, 6) is 0. The first-order chi connectivity index (χ1) is 10.8. The van der Waals surface area contributed by atoms with E-state index in [4.69, 9.17) is 18.2 Å². The van der Waals surface area contributed by atoms with E-state index in [1.165, 1.54) is 0 Å². The molecule has 0 aliphatic rings. The summed E-state index contributed by atoms with van der Waals surface area (Å²) in [6, 6.07) is 17.7. The van der Waals surface area contributed by atoms with Crippen LogP contribution in [0, 0.1) is 0 Å². The number of rotatable bonds is 5. The number of hydrogen-bond donors (Lipinski definition) is 2. The van der Waals surface area contributed by atoms with Gasteiger partial charge in [0.15, 0.2) is 0 Å². The van der Waals surface area contributed by atoms with Crippen LogP contribution in [0.25, 0.3) is 0 Å². The van der Waals surface area contributed by atoms with Gasteiger partial charge in [0.25, 0.3) is 0 Å². The van der Waals surface area contributed by atoms with Crippen molar-refractivity contribution >= 4 is 19.8 Å². The van der Waals surface area contributed by atoms with E-state index >= 15 is 0 Å². The van der Waals surface area contributed by atoms with Crippen LogP contribution >= 0.6 is 0 Å². The predicted octanol–water partition coefficient (Wildman–Crippen LogP) is 2.03. The molecule has 0 aliphatic carbocycles. The van der Waals surface area contributed by atoms with E-state index in [1.54, 1.807) is 48.5 Å². The van der Waals surface area contributed by atoms with Crippen molar-refractivity contribution in [2.45, 2.75) is 0 Å². The molecule has 0 unspecified atom stereocenters. The molecular formula is C14H12FeO7S. The Bertz CT molecular complexity index is 696. The Balaban J connectivity index is 0.000000379. The van der Waals surface area contributed by atoms with E-state index in [0.29, 0.717) is 11.1 Å². The standard InChI is InChI=1S/2C7H5O.Fe.H2O5S/c2*8-6-7-4-2-1-3-5-7;;1-5-6(2,3)4/h2*1-5H;;1H,(H,2,3,4). The second-order valence-electron chi connectivity index (χ2n) is 3.85. The average molecular weight is 380 g/mol. The van der Waals surface area contributed by atoms with Crippen LogP contribution in [0.2, 0.25) is 0 Å². The van der Waals surface area contributed by atoms with Crippen molar-refractivity contribution in [2.75, 3.05) is 0 Å². The first-order valence-corrected chi connectivity index (χ1v) is 8.42.